The molecule has 0 unspecified atom stereocenters. The van der Waals surface area contributed by atoms with Crippen molar-refractivity contribution in [2.75, 3.05) is 10.6 Å². The molecule has 53 heavy (non-hydrogen) atoms. The monoisotopic (exact) mass is 702 g/mol. The molecule has 0 fully saturated rings. The fourth-order valence-corrected chi connectivity index (χ4v) is 8.56. The number of thiophene rings is 1. The topological polar surface area (TPSA) is 24.1 Å². The largest absolute Gasteiger partial charge is 0.355 e. The van der Waals surface area contributed by atoms with E-state index in [2.05, 4.69) is 200 Å². The van der Waals surface area contributed by atoms with E-state index in [0.29, 0.717) is 0 Å². The summed E-state index contributed by atoms with van der Waals surface area (Å²) in [6.45, 7) is 4.12. The zero-order chi connectivity index (χ0) is 36.0. The van der Waals surface area contributed by atoms with Gasteiger partial charge in [-0.05, 0) is 107 Å². The number of nitrogens with one attached hydrogen (secondary N) is 2. The van der Waals surface area contributed by atoms with Crippen molar-refractivity contribution in [2.24, 2.45) is 0 Å². The van der Waals surface area contributed by atoms with Gasteiger partial charge in [-0.1, -0.05) is 146 Å². The lowest BCUT2D eigenvalue weighted by atomic mass is 9.90. The van der Waals surface area contributed by atoms with Crippen LogP contribution >= 0.6 is 11.3 Å². The van der Waals surface area contributed by atoms with E-state index in [1.807, 2.05) is 18.3 Å². The molecule has 8 rings (SSSR count). The molecule has 6 aromatic carbocycles. The Balaban J connectivity index is 1.33. The number of hydrogen-bond acceptors (Lipinski definition) is 3. The first-order valence-electron chi connectivity index (χ1n) is 18.4. The van der Waals surface area contributed by atoms with Gasteiger partial charge in [0.1, 0.15) is 0 Å². The number of rotatable bonds is 10. The Morgan fingerprint density at radius 2 is 1.36 bits per heavy atom. The first-order chi connectivity index (χ1) is 26.2. The minimum absolute atomic E-state index is 1.02. The van der Waals surface area contributed by atoms with E-state index in [-0.39, 0.29) is 0 Å². The van der Waals surface area contributed by atoms with Gasteiger partial charge in [0.2, 0.25) is 0 Å². The van der Waals surface area contributed by atoms with E-state index in [0.717, 1.165) is 57.9 Å². The van der Waals surface area contributed by atoms with Crippen LogP contribution in [0.1, 0.15) is 47.4 Å². The van der Waals surface area contributed by atoms with Crippen molar-refractivity contribution < 1.29 is 0 Å². The first-order valence-corrected chi connectivity index (χ1v) is 19.2. The van der Waals surface area contributed by atoms with Crippen LogP contribution in [-0.4, -0.2) is 0 Å². The summed E-state index contributed by atoms with van der Waals surface area (Å²) in [4.78, 5) is 1.39. The molecule has 1 aliphatic carbocycles. The summed E-state index contributed by atoms with van der Waals surface area (Å²) in [6.07, 6.45) is 15.3. The number of hydrogen-bond donors (Lipinski definition) is 2. The van der Waals surface area contributed by atoms with Crippen LogP contribution in [0.15, 0.2) is 176 Å². The van der Waals surface area contributed by atoms with Gasteiger partial charge in [0, 0.05) is 37.8 Å². The molecule has 2 N–H and O–H groups in total. The smallest absolute Gasteiger partial charge is 0.0558 e. The molecule has 0 amide bonds. The third kappa shape index (κ3) is 7.30. The number of benzene rings is 6. The van der Waals surface area contributed by atoms with Crippen LogP contribution in [-0.2, 0) is 6.42 Å². The quantitative estimate of drug-likeness (QED) is 0.110. The van der Waals surface area contributed by atoms with Crippen LogP contribution in [0.3, 0.4) is 0 Å². The molecule has 0 saturated carbocycles. The number of allylic oxidation sites excluding steroid dienone is 4. The van der Waals surface area contributed by atoms with E-state index in [9.17, 15) is 0 Å². The van der Waals surface area contributed by atoms with Crippen LogP contribution in [0.4, 0.5) is 17.1 Å². The van der Waals surface area contributed by atoms with Crippen molar-refractivity contribution in [3.8, 4) is 22.3 Å². The molecule has 0 spiro atoms. The average molecular weight is 703 g/mol. The third-order valence-electron chi connectivity index (χ3n) is 9.81. The van der Waals surface area contributed by atoms with Gasteiger partial charge in [-0.2, -0.15) is 0 Å². The third-order valence-corrected chi connectivity index (χ3v) is 11.1. The number of aryl methyl sites for hydroxylation is 1. The summed E-state index contributed by atoms with van der Waals surface area (Å²) >= 11 is 1.92. The maximum Gasteiger partial charge on any atom is 0.0558 e. The fraction of sp³-hybridized carbons (Fsp3) is 0.0800. The van der Waals surface area contributed by atoms with Gasteiger partial charge in [0.15, 0.2) is 0 Å². The highest BCUT2D eigenvalue weighted by atomic mass is 32.1. The van der Waals surface area contributed by atoms with E-state index in [1.165, 1.54) is 42.8 Å². The van der Waals surface area contributed by atoms with E-state index >= 15 is 0 Å². The summed E-state index contributed by atoms with van der Waals surface area (Å²) in [5, 5.41) is 9.16. The molecule has 0 bridgehead atoms. The molecule has 0 radical (unpaired) electrons. The highest BCUT2D eigenvalue weighted by molar-refractivity contribution is 7.20. The fourth-order valence-electron chi connectivity index (χ4n) is 7.25. The maximum atomic E-state index is 4.03. The van der Waals surface area contributed by atoms with Crippen LogP contribution < -0.4 is 10.6 Å². The van der Waals surface area contributed by atoms with Crippen molar-refractivity contribution in [2.45, 2.75) is 26.7 Å². The Bertz CT molecular complexity index is 2500. The first kappa shape index (κ1) is 34.0. The molecule has 258 valence electrons. The standard InChI is InChI=1S/C50H42N2S/c1-3-17-40(4-2)51-47-31-30-42(37-22-12-7-13-23-37)49(46(47)29-28-35-18-8-5-9-19-35)52-41-33-38(36-20-10-6-11-21-36)32-39(34-41)43-25-16-26-45-44-24-14-15-27-48(44)53-50(43)45/h3-15,17-25,27-34,51-52H,16,26H2,1-2H3/b17-3-,29-28-,40-4+. The predicted octanol–water partition coefficient (Wildman–Crippen LogP) is 14.4. The van der Waals surface area contributed by atoms with Crippen LogP contribution in [0.2, 0.25) is 0 Å². The Morgan fingerprint density at radius 3 is 2.11 bits per heavy atom. The highest BCUT2D eigenvalue weighted by Gasteiger charge is 2.22. The Hall–Kier alpha value is -6.16. The van der Waals surface area contributed by atoms with Crippen LogP contribution in [0.5, 0.6) is 0 Å². The van der Waals surface area contributed by atoms with Gasteiger partial charge < -0.3 is 10.6 Å². The van der Waals surface area contributed by atoms with Gasteiger partial charge in [-0.3, -0.25) is 0 Å². The lowest BCUT2D eigenvalue weighted by molar-refractivity contribution is 0.998. The lowest BCUT2D eigenvalue weighted by Crippen LogP contribution is -2.04. The Kier molecular flexibility index (Phi) is 10.0. The Morgan fingerprint density at radius 1 is 0.660 bits per heavy atom. The van der Waals surface area contributed by atoms with Gasteiger partial charge in [0.25, 0.3) is 0 Å². The van der Waals surface area contributed by atoms with Crippen molar-refractivity contribution >= 4 is 56.2 Å². The molecule has 0 aliphatic heterocycles. The minimum atomic E-state index is 1.02. The molecule has 3 heteroatoms. The second-order valence-electron chi connectivity index (χ2n) is 13.3. The van der Waals surface area contributed by atoms with Crippen LogP contribution in [0.25, 0.3) is 50.1 Å². The highest BCUT2D eigenvalue weighted by Crippen LogP contribution is 2.45. The second-order valence-corrected chi connectivity index (χ2v) is 14.3. The lowest BCUT2D eigenvalue weighted by Gasteiger charge is -2.22. The minimum Gasteiger partial charge on any atom is -0.355 e. The number of fused-ring (bicyclic) bond motifs is 3. The molecule has 0 saturated heterocycles. The van der Waals surface area contributed by atoms with Gasteiger partial charge in [-0.25, -0.2) is 0 Å². The Labute approximate surface area is 317 Å². The van der Waals surface area contributed by atoms with E-state index in [4.69, 9.17) is 0 Å². The summed E-state index contributed by atoms with van der Waals surface area (Å²) < 4.78 is 1.35. The van der Waals surface area contributed by atoms with Crippen molar-refractivity contribution in [1.82, 2.24) is 0 Å². The normalized spacial score (nSPS) is 13.0. The molecule has 0 atom stereocenters. The molecule has 2 nitrogen and oxygen atoms in total. The second kappa shape index (κ2) is 15.6. The van der Waals surface area contributed by atoms with Crippen LogP contribution in [0, 0.1) is 0 Å². The van der Waals surface area contributed by atoms with E-state index < -0.39 is 0 Å². The summed E-state index contributed by atoms with van der Waals surface area (Å²) in [5.74, 6) is 0. The summed E-state index contributed by atoms with van der Waals surface area (Å²) in [6, 6.07) is 52.2. The van der Waals surface area contributed by atoms with Crippen molar-refractivity contribution in [3.63, 3.8) is 0 Å². The number of anilines is 3. The average Bonchev–Trinajstić information content (AvgIpc) is 3.60. The zero-order valence-electron chi connectivity index (χ0n) is 30.1. The van der Waals surface area contributed by atoms with E-state index in [1.54, 1.807) is 0 Å². The molecule has 1 aromatic heterocycles. The summed E-state index contributed by atoms with van der Waals surface area (Å²) in [7, 11) is 0. The summed E-state index contributed by atoms with van der Waals surface area (Å²) in [5.41, 5.74) is 15.0. The molecule has 7 aromatic rings. The van der Waals surface area contributed by atoms with Gasteiger partial charge in [0.05, 0.1) is 5.69 Å². The maximum absolute atomic E-state index is 4.03. The molecular formula is C50H42N2S. The molecule has 1 aliphatic rings. The molecular weight excluding hydrogens is 661 g/mol. The van der Waals surface area contributed by atoms with Gasteiger partial charge in [-0.15, -0.1) is 11.3 Å². The van der Waals surface area contributed by atoms with Crippen molar-refractivity contribution in [3.05, 3.63) is 203 Å². The predicted molar refractivity (Wildman–Crippen MR) is 232 cm³/mol. The molecule has 1 heterocycles. The van der Waals surface area contributed by atoms with Gasteiger partial charge >= 0.3 is 0 Å². The zero-order valence-corrected chi connectivity index (χ0v) is 31.0. The van der Waals surface area contributed by atoms with Crippen molar-refractivity contribution in [1.29, 1.82) is 0 Å². The SMILES string of the molecule is C/C=C\C(=C/C)Nc1ccc(-c2ccccc2)c(Nc2cc(C3=CCCc4c3sc3ccccc43)cc(-c3ccccc3)c2)c1/C=C\c1ccccc1.